The van der Waals surface area contributed by atoms with Gasteiger partial charge in [-0.25, -0.2) is 22.5 Å². The Morgan fingerprint density at radius 3 is 2.36 bits per heavy atom. The Labute approximate surface area is 201 Å². The predicted molar refractivity (Wildman–Crippen MR) is 114 cm³/mol. The van der Waals surface area contributed by atoms with Crippen molar-refractivity contribution in [2.45, 2.75) is 44.1 Å². The van der Waals surface area contributed by atoms with E-state index < -0.39 is 53.3 Å². The van der Waals surface area contributed by atoms with Gasteiger partial charge in [-0.1, -0.05) is 12.1 Å². The molecule has 5 nitrogen and oxygen atoms in total. The summed E-state index contributed by atoms with van der Waals surface area (Å²) in [5.74, 6) is -5.71. The largest absolute Gasteiger partial charge is 0.449 e. The van der Waals surface area contributed by atoms with Gasteiger partial charge in [0, 0.05) is 31.6 Å². The second-order valence-electron chi connectivity index (χ2n) is 8.62. The average Bonchev–Trinajstić information content (AvgIpc) is 3.24. The van der Waals surface area contributed by atoms with E-state index in [0.717, 1.165) is 10.8 Å². The van der Waals surface area contributed by atoms with Gasteiger partial charge in [0.2, 0.25) is 11.7 Å². The molecule has 1 unspecified atom stereocenters. The van der Waals surface area contributed by atoms with Crippen molar-refractivity contribution < 1.29 is 35.5 Å². The van der Waals surface area contributed by atoms with Crippen molar-refractivity contribution in [1.82, 2.24) is 14.5 Å². The van der Waals surface area contributed by atoms with Crippen molar-refractivity contribution >= 4 is 5.91 Å². The molecule has 0 aliphatic carbocycles. The van der Waals surface area contributed by atoms with Crippen LogP contribution in [-0.4, -0.2) is 32.9 Å². The van der Waals surface area contributed by atoms with E-state index in [1.165, 1.54) is 29.2 Å². The summed E-state index contributed by atoms with van der Waals surface area (Å²) in [6.07, 6.45) is -4.13. The van der Waals surface area contributed by atoms with Gasteiger partial charge in [-0.15, -0.1) is 0 Å². The second-order valence-corrected chi connectivity index (χ2v) is 8.62. The molecule has 0 spiro atoms. The number of fused-ring (bicyclic) bond motifs is 1. The Morgan fingerprint density at radius 2 is 1.69 bits per heavy atom. The van der Waals surface area contributed by atoms with Crippen LogP contribution in [-0.2, 0) is 30.4 Å². The summed E-state index contributed by atoms with van der Waals surface area (Å²) in [6, 6.07) is 4.58. The molecule has 1 aromatic heterocycles. The van der Waals surface area contributed by atoms with E-state index in [4.69, 9.17) is 5.73 Å². The minimum absolute atomic E-state index is 0.0800. The van der Waals surface area contributed by atoms with Crippen LogP contribution < -0.4 is 5.73 Å². The van der Waals surface area contributed by atoms with Crippen molar-refractivity contribution in [3.8, 4) is 0 Å². The van der Waals surface area contributed by atoms with Crippen LogP contribution in [0.15, 0.2) is 42.6 Å². The lowest BCUT2D eigenvalue weighted by atomic mass is 9.98. The lowest BCUT2D eigenvalue weighted by Crippen LogP contribution is -2.45. The molecule has 2 atom stereocenters. The van der Waals surface area contributed by atoms with Crippen molar-refractivity contribution in [1.29, 1.82) is 0 Å². The lowest BCUT2D eigenvalue weighted by molar-refractivity contribution is -0.148. The van der Waals surface area contributed by atoms with E-state index >= 15 is 0 Å². The summed E-state index contributed by atoms with van der Waals surface area (Å²) in [5, 5.41) is 0. The van der Waals surface area contributed by atoms with Crippen LogP contribution in [0.3, 0.4) is 0 Å². The maximum absolute atomic E-state index is 14.0. The molecule has 2 N–H and O–H groups in total. The van der Waals surface area contributed by atoms with Crippen LogP contribution in [0.5, 0.6) is 0 Å². The highest BCUT2D eigenvalue weighted by Crippen LogP contribution is 2.36. The summed E-state index contributed by atoms with van der Waals surface area (Å²) in [7, 11) is 0. The molecule has 0 fully saturated rings. The molecule has 0 radical (unpaired) electrons. The van der Waals surface area contributed by atoms with Gasteiger partial charge >= 0.3 is 6.18 Å². The molecule has 0 saturated heterocycles. The van der Waals surface area contributed by atoms with Gasteiger partial charge in [-0.05, 0) is 42.2 Å². The highest BCUT2D eigenvalue weighted by Gasteiger charge is 2.41. The monoisotopic (exact) mass is 514 g/mol. The zero-order valence-corrected chi connectivity index (χ0v) is 18.7. The van der Waals surface area contributed by atoms with Crippen LogP contribution in [0.2, 0.25) is 0 Å². The zero-order valence-electron chi connectivity index (χ0n) is 18.7. The molecule has 2 heterocycles. The van der Waals surface area contributed by atoms with Gasteiger partial charge in [0.25, 0.3) is 0 Å². The van der Waals surface area contributed by atoms with Gasteiger partial charge in [0.05, 0.1) is 17.9 Å². The quantitative estimate of drug-likeness (QED) is 0.388. The fraction of sp³-hybridized carbons (Fsp3) is 0.333. The van der Waals surface area contributed by atoms with Crippen LogP contribution in [0.1, 0.15) is 35.1 Å². The number of hydrogen-bond acceptors (Lipinski definition) is 3. The van der Waals surface area contributed by atoms with Crippen molar-refractivity contribution in [3.63, 3.8) is 0 Å². The van der Waals surface area contributed by atoms with E-state index in [-0.39, 0.29) is 43.6 Å². The summed E-state index contributed by atoms with van der Waals surface area (Å²) in [4.78, 5) is 18.1. The Hall–Kier alpha value is -3.41. The predicted octanol–water partition coefficient (Wildman–Crippen LogP) is 4.54. The summed E-state index contributed by atoms with van der Waals surface area (Å²) < 4.78 is 95.3. The van der Waals surface area contributed by atoms with Crippen LogP contribution in [0.4, 0.5) is 30.7 Å². The Morgan fingerprint density at radius 1 is 1.03 bits per heavy atom. The number of benzene rings is 2. The van der Waals surface area contributed by atoms with Crippen molar-refractivity contribution in [2.24, 2.45) is 5.73 Å². The first-order chi connectivity index (χ1) is 16.9. The highest BCUT2D eigenvalue weighted by atomic mass is 19.4. The van der Waals surface area contributed by atoms with Crippen molar-refractivity contribution in [2.75, 3.05) is 6.54 Å². The smallest absolute Gasteiger partial charge is 0.332 e. The summed E-state index contributed by atoms with van der Waals surface area (Å²) in [5.41, 5.74) is 6.54. The van der Waals surface area contributed by atoms with Gasteiger partial charge in [0.1, 0.15) is 11.6 Å². The third kappa shape index (κ3) is 5.38. The molecule has 1 aliphatic rings. The molecule has 1 amide bonds. The van der Waals surface area contributed by atoms with Gasteiger partial charge in [-0.3, -0.25) is 4.79 Å². The van der Waals surface area contributed by atoms with Gasteiger partial charge in [-0.2, -0.15) is 13.2 Å². The van der Waals surface area contributed by atoms with E-state index in [9.17, 15) is 35.5 Å². The Balaban J connectivity index is 1.57. The van der Waals surface area contributed by atoms with Gasteiger partial charge in [0.15, 0.2) is 11.6 Å². The fourth-order valence-corrected chi connectivity index (χ4v) is 4.41. The molecule has 4 rings (SSSR count). The minimum Gasteiger partial charge on any atom is -0.332 e. The first kappa shape index (κ1) is 25.7. The average molecular weight is 514 g/mol. The second kappa shape index (κ2) is 9.92. The number of alkyl halides is 3. The van der Waals surface area contributed by atoms with Gasteiger partial charge < -0.3 is 15.2 Å². The maximum atomic E-state index is 14.0. The zero-order chi connectivity index (χ0) is 26.2. The number of imidazole rings is 1. The van der Waals surface area contributed by atoms with Crippen molar-refractivity contribution in [3.05, 3.63) is 88.5 Å². The fourth-order valence-electron chi connectivity index (χ4n) is 4.41. The maximum Gasteiger partial charge on any atom is 0.449 e. The third-order valence-electron chi connectivity index (χ3n) is 6.09. The third-order valence-corrected chi connectivity index (χ3v) is 6.09. The number of aromatic nitrogens is 2. The molecule has 0 saturated carbocycles. The Bertz CT molecular complexity index is 1260. The number of hydrogen-bond donors (Lipinski definition) is 1. The number of nitrogens with two attached hydrogens (primary N) is 1. The molecule has 36 heavy (non-hydrogen) atoms. The SMILES string of the molecule is N[C@@H](CC(=O)N1CCn2c(cnc2C(F)(F)F)C1Cc1ccc(F)cc1)Cc1cc(F)c(F)cc1F. The number of rotatable bonds is 6. The van der Waals surface area contributed by atoms with E-state index in [2.05, 4.69) is 4.98 Å². The number of carbonyl (C=O) groups is 1. The van der Waals surface area contributed by atoms with Crippen LogP contribution in [0, 0.1) is 23.3 Å². The molecule has 3 aromatic rings. The van der Waals surface area contributed by atoms with E-state index in [1.807, 2.05) is 0 Å². The summed E-state index contributed by atoms with van der Waals surface area (Å²) >= 11 is 0. The topological polar surface area (TPSA) is 64.2 Å². The van der Waals surface area contributed by atoms with E-state index in [1.54, 1.807) is 0 Å². The standard InChI is InChI=1S/C24H21F7N4O/c25-15-3-1-13(2-4-15)7-20-21-12-33-23(24(29,30)31)35(21)6-5-34(20)22(36)10-16(32)8-14-9-18(27)19(28)11-17(14)26/h1-4,9,11-12,16,20H,5-8,10,32H2/t16-,20?/m1/s1. The molecule has 12 heteroatoms. The molecular weight excluding hydrogens is 493 g/mol. The molecular formula is C24H21F7N4O. The first-order valence-corrected chi connectivity index (χ1v) is 11.0. The highest BCUT2D eigenvalue weighted by molar-refractivity contribution is 5.77. The van der Waals surface area contributed by atoms with E-state index in [0.29, 0.717) is 17.7 Å². The molecule has 192 valence electrons. The normalized spacial score (nSPS) is 16.7. The minimum atomic E-state index is -4.69. The number of nitrogens with zero attached hydrogens (tertiary/aromatic N) is 3. The first-order valence-electron chi connectivity index (χ1n) is 11.0. The Kier molecular flexibility index (Phi) is 7.07. The molecule has 0 bridgehead atoms. The number of halogens is 7. The molecule has 1 aliphatic heterocycles. The van der Waals surface area contributed by atoms with Crippen LogP contribution >= 0.6 is 0 Å². The summed E-state index contributed by atoms with van der Waals surface area (Å²) in [6.45, 7) is -0.244. The number of amides is 1. The lowest BCUT2D eigenvalue weighted by Gasteiger charge is -2.38. The number of carbonyl (C=O) groups excluding carboxylic acids is 1. The van der Waals surface area contributed by atoms with Crippen LogP contribution in [0.25, 0.3) is 0 Å². The molecule has 2 aromatic carbocycles.